The van der Waals surface area contributed by atoms with Gasteiger partial charge in [0.2, 0.25) is 0 Å². The van der Waals surface area contributed by atoms with Gasteiger partial charge in [-0.3, -0.25) is 4.79 Å². The van der Waals surface area contributed by atoms with E-state index in [-0.39, 0.29) is 17.0 Å². The summed E-state index contributed by atoms with van der Waals surface area (Å²) < 4.78 is 14.8. The van der Waals surface area contributed by atoms with Gasteiger partial charge in [0.15, 0.2) is 5.78 Å². The van der Waals surface area contributed by atoms with Crippen molar-refractivity contribution in [1.82, 2.24) is 9.55 Å². The Morgan fingerprint density at radius 2 is 2.05 bits per heavy atom. The van der Waals surface area contributed by atoms with E-state index in [9.17, 15) is 9.18 Å². The molecule has 0 unspecified atom stereocenters. The molecule has 19 heavy (non-hydrogen) atoms. The molecule has 0 atom stereocenters. The van der Waals surface area contributed by atoms with Gasteiger partial charge < -0.3 is 4.57 Å². The number of halogens is 1. The highest BCUT2D eigenvalue weighted by atomic mass is 19.1. The summed E-state index contributed by atoms with van der Waals surface area (Å²) >= 11 is 0. The van der Waals surface area contributed by atoms with E-state index in [0.717, 1.165) is 17.7 Å². The lowest BCUT2D eigenvalue weighted by molar-refractivity contribution is 0.0911. The fourth-order valence-electron chi connectivity index (χ4n) is 2.67. The van der Waals surface area contributed by atoms with Crippen LogP contribution in [0.5, 0.6) is 0 Å². The van der Waals surface area contributed by atoms with Gasteiger partial charge in [-0.1, -0.05) is 13.8 Å². The second kappa shape index (κ2) is 4.02. The van der Waals surface area contributed by atoms with E-state index in [1.165, 1.54) is 12.3 Å². The molecule has 0 saturated heterocycles. The molecule has 0 aliphatic heterocycles. The van der Waals surface area contributed by atoms with Crippen LogP contribution in [0, 0.1) is 11.2 Å². The van der Waals surface area contributed by atoms with Crippen LogP contribution in [0.4, 0.5) is 4.39 Å². The molecule has 0 saturated carbocycles. The first kappa shape index (κ1) is 12.1. The summed E-state index contributed by atoms with van der Waals surface area (Å²) in [5, 5.41) is 0. The minimum atomic E-state index is -0.360. The molecule has 2 aromatic heterocycles. The number of Topliss-reactive ketones (excluding diaryl/α,β-unsaturated/α-hetero) is 1. The Balaban J connectivity index is 2.11. The van der Waals surface area contributed by atoms with Gasteiger partial charge in [-0.2, -0.15) is 0 Å². The number of carbonyl (C=O) groups excluding carboxylic acids is 1. The molecule has 3 rings (SSSR count). The smallest absolute Gasteiger partial charge is 0.165 e. The molecule has 0 amide bonds. The van der Waals surface area contributed by atoms with Crippen LogP contribution in [0.2, 0.25) is 0 Å². The molecule has 98 valence electrons. The molecule has 0 N–H and O–H groups in total. The van der Waals surface area contributed by atoms with Crippen LogP contribution in [0.1, 0.15) is 36.3 Å². The molecule has 0 bridgehead atoms. The quantitative estimate of drug-likeness (QED) is 0.787. The molecular formula is C15H15FN2O. The maximum absolute atomic E-state index is 12.9. The van der Waals surface area contributed by atoms with Crippen molar-refractivity contribution in [2.45, 2.75) is 26.7 Å². The van der Waals surface area contributed by atoms with Crippen molar-refractivity contribution in [3.05, 3.63) is 47.7 Å². The number of hydrogen-bond donors (Lipinski definition) is 0. The third-order valence-electron chi connectivity index (χ3n) is 3.54. The van der Waals surface area contributed by atoms with Crippen LogP contribution >= 0.6 is 0 Å². The summed E-state index contributed by atoms with van der Waals surface area (Å²) in [4.78, 5) is 16.2. The largest absolute Gasteiger partial charge is 0.305 e. The lowest BCUT2D eigenvalue weighted by atomic mass is 9.76. The Bertz CT molecular complexity index is 641. The number of ketones is 1. The fourth-order valence-corrected chi connectivity index (χ4v) is 2.67. The van der Waals surface area contributed by atoms with Crippen LogP contribution in [0.15, 0.2) is 30.6 Å². The molecule has 0 radical (unpaired) electrons. The van der Waals surface area contributed by atoms with E-state index >= 15 is 0 Å². The predicted octanol–water partition coefficient (Wildman–Crippen LogP) is 3.17. The van der Waals surface area contributed by atoms with Gasteiger partial charge in [0.25, 0.3) is 0 Å². The summed E-state index contributed by atoms with van der Waals surface area (Å²) in [5.41, 5.74) is 1.70. The molecule has 1 aliphatic carbocycles. The van der Waals surface area contributed by atoms with Crippen molar-refractivity contribution in [2.24, 2.45) is 5.41 Å². The minimum absolute atomic E-state index is 0.0415. The number of rotatable bonds is 1. The zero-order valence-electron chi connectivity index (χ0n) is 11.0. The molecule has 1 aliphatic rings. The SMILES string of the molecule is CC1(C)CC(=O)c2ccn(-c3ccc(F)cn3)c2C1. The molecule has 2 aromatic rings. The van der Waals surface area contributed by atoms with E-state index in [2.05, 4.69) is 18.8 Å². The van der Waals surface area contributed by atoms with Crippen LogP contribution < -0.4 is 0 Å². The highest BCUT2D eigenvalue weighted by Gasteiger charge is 2.33. The maximum Gasteiger partial charge on any atom is 0.165 e. The Kier molecular flexibility index (Phi) is 2.55. The van der Waals surface area contributed by atoms with Crippen molar-refractivity contribution < 1.29 is 9.18 Å². The van der Waals surface area contributed by atoms with Gasteiger partial charge >= 0.3 is 0 Å². The van der Waals surface area contributed by atoms with Gasteiger partial charge in [-0.05, 0) is 30.0 Å². The Labute approximate surface area is 111 Å². The summed E-state index contributed by atoms with van der Waals surface area (Å²) in [6.45, 7) is 4.17. The standard InChI is InChI=1S/C15H15FN2O/c1-15(2)7-12-11(13(19)8-15)5-6-18(12)14-4-3-10(16)9-17-14/h3-6,9H,7-8H2,1-2H3. The average Bonchev–Trinajstić information content (AvgIpc) is 2.72. The fraction of sp³-hybridized carbons (Fsp3) is 0.333. The van der Waals surface area contributed by atoms with Gasteiger partial charge in [0.05, 0.1) is 6.20 Å². The average molecular weight is 258 g/mol. The first-order chi connectivity index (χ1) is 8.96. The number of pyridine rings is 1. The van der Waals surface area contributed by atoms with Crippen molar-refractivity contribution >= 4 is 5.78 Å². The predicted molar refractivity (Wildman–Crippen MR) is 70.0 cm³/mol. The molecule has 0 aromatic carbocycles. The normalized spacial score (nSPS) is 17.3. The van der Waals surface area contributed by atoms with E-state index in [4.69, 9.17) is 0 Å². The number of hydrogen-bond acceptors (Lipinski definition) is 2. The molecule has 2 heterocycles. The molecule has 0 spiro atoms. The van der Waals surface area contributed by atoms with Crippen LogP contribution in [0.3, 0.4) is 0 Å². The molecule has 3 nitrogen and oxygen atoms in total. The monoisotopic (exact) mass is 258 g/mol. The molecular weight excluding hydrogens is 243 g/mol. The maximum atomic E-state index is 12.9. The Hall–Kier alpha value is -1.97. The first-order valence-electron chi connectivity index (χ1n) is 6.32. The van der Waals surface area contributed by atoms with E-state index in [1.807, 2.05) is 16.8 Å². The van der Waals surface area contributed by atoms with E-state index in [1.54, 1.807) is 6.07 Å². The Morgan fingerprint density at radius 1 is 1.26 bits per heavy atom. The number of fused-ring (bicyclic) bond motifs is 1. The highest BCUT2D eigenvalue weighted by Crippen LogP contribution is 2.35. The van der Waals surface area contributed by atoms with E-state index in [0.29, 0.717) is 12.2 Å². The number of aromatic nitrogens is 2. The van der Waals surface area contributed by atoms with Crippen molar-refractivity contribution in [1.29, 1.82) is 0 Å². The topological polar surface area (TPSA) is 34.9 Å². The molecule has 4 heteroatoms. The summed E-state index contributed by atoms with van der Waals surface area (Å²) in [5.74, 6) is 0.460. The Morgan fingerprint density at radius 3 is 2.74 bits per heavy atom. The lowest BCUT2D eigenvalue weighted by Crippen LogP contribution is -2.27. The van der Waals surface area contributed by atoms with Crippen LogP contribution in [-0.4, -0.2) is 15.3 Å². The summed E-state index contributed by atoms with van der Waals surface area (Å²) in [7, 11) is 0. The van der Waals surface area contributed by atoms with Crippen LogP contribution in [0.25, 0.3) is 5.82 Å². The minimum Gasteiger partial charge on any atom is -0.305 e. The number of carbonyl (C=O) groups is 1. The van der Waals surface area contributed by atoms with Gasteiger partial charge in [0.1, 0.15) is 11.6 Å². The van der Waals surface area contributed by atoms with Gasteiger partial charge in [-0.15, -0.1) is 0 Å². The zero-order chi connectivity index (χ0) is 13.6. The summed E-state index contributed by atoms with van der Waals surface area (Å²) in [6.07, 6.45) is 4.42. The van der Waals surface area contributed by atoms with Crippen molar-refractivity contribution in [2.75, 3.05) is 0 Å². The lowest BCUT2D eigenvalue weighted by Gasteiger charge is -2.29. The van der Waals surface area contributed by atoms with Gasteiger partial charge in [0, 0.05) is 23.9 Å². The second-order valence-corrected chi connectivity index (χ2v) is 5.82. The van der Waals surface area contributed by atoms with Crippen molar-refractivity contribution in [3.8, 4) is 5.82 Å². The number of nitrogens with zero attached hydrogens (tertiary/aromatic N) is 2. The first-order valence-corrected chi connectivity index (χ1v) is 6.32. The third kappa shape index (κ3) is 2.07. The van der Waals surface area contributed by atoms with Gasteiger partial charge in [-0.25, -0.2) is 9.37 Å². The van der Waals surface area contributed by atoms with E-state index < -0.39 is 0 Å². The third-order valence-corrected chi connectivity index (χ3v) is 3.54. The van der Waals surface area contributed by atoms with Crippen LogP contribution in [-0.2, 0) is 6.42 Å². The second-order valence-electron chi connectivity index (χ2n) is 5.82. The highest BCUT2D eigenvalue weighted by molar-refractivity contribution is 5.99. The molecule has 0 fully saturated rings. The zero-order valence-corrected chi connectivity index (χ0v) is 11.0. The van der Waals surface area contributed by atoms with Crippen molar-refractivity contribution in [3.63, 3.8) is 0 Å². The summed E-state index contributed by atoms with van der Waals surface area (Å²) in [6, 6.07) is 4.84.